The van der Waals surface area contributed by atoms with Gasteiger partial charge in [-0.2, -0.15) is 5.10 Å². The van der Waals surface area contributed by atoms with Crippen LogP contribution in [0, 0.1) is 26.7 Å². The molecular weight excluding hydrogens is 364 g/mol. The minimum atomic E-state index is 0.0320. The summed E-state index contributed by atoms with van der Waals surface area (Å²) in [6.07, 6.45) is 0. The number of carbonyl (C=O) groups excluding carboxylic acids is 1. The fourth-order valence-corrected chi connectivity index (χ4v) is 3.87. The van der Waals surface area contributed by atoms with Crippen LogP contribution >= 0.6 is 0 Å². The average molecular weight is 393 g/mol. The van der Waals surface area contributed by atoms with E-state index in [4.69, 9.17) is 15.1 Å². The van der Waals surface area contributed by atoms with Crippen molar-refractivity contribution in [3.63, 3.8) is 0 Å². The van der Waals surface area contributed by atoms with Crippen LogP contribution in [0.15, 0.2) is 24.3 Å². The molecule has 3 aromatic rings. The molecule has 4 rings (SSSR count). The molecule has 1 fully saturated rings. The van der Waals surface area contributed by atoms with Crippen molar-refractivity contribution >= 4 is 22.8 Å². The number of carbonyl (C=O) groups is 1. The SMILES string of the molecule is Cc1ccc(-n2nc(C)c3c(N4CCN(C(=O)C(C)C)CC4)nc(C)nc32)cc1. The second-order valence-corrected chi connectivity index (χ2v) is 8.09. The predicted molar refractivity (Wildman–Crippen MR) is 115 cm³/mol. The van der Waals surface area contributed by atoms with Crippen LogP contribution < -0.4 is 4.90 Å². The number of benzene rings is 1. The number of hydrogen-bond donors (Lipinski definition) is 0. The molecule has 3 heterocycles. The van der Waals surface area contributed by atoms with Crippen molar-refractivity contribution in [3.05, 3.63) is 41.3 Å². The summed E-state index contributed by atoms with van der Waals surface area (Å²) in [6, 6.07) is 8.29. The average Bonchev–Trinajstić information content (AvgIpc) is 3.03. The highest BCUT2D eigenvalue weighted by Crippen LogP contribution is 2.29. The summed E-state index contributed by atoms with van der Waals surface area (Å²) in [5.41, 5.74) is 3.94. The Kier molecular flexibility index (Phi) is 4.98. The number of rotatable bonds is 3. The van der Waals surface area contributed by atoms with Gasteiger partial charge >= 0.3 is 0 Å². The largest absolute Gasteiger partial charge is 0.352 e. The third-order valence-electron chi connectivity index (χ3n) is 5.46. The Balaban J connectivity index is 1.71. The van der Waals surface area contributed by atoms with E-state index < -0.39 is 0 Å². The van der Waals surface area contributed by atoms with E-state index >= 15 is 0 Å². The van der Waals surface area contributed by atoms with Gasteiger partial charge in [0.05, 0.1) is 16.8 Å². The lowest BCUT2D eigenvalue weighted by atomic mass is 10.1. The van der Waals surface area contributed by atoms with E-state index in [0.717, 1.165) is 47.1 Å². The number of anilines is 1. The second-order valence-electron chi connectivity index (χ2n) is 8.09. The number of fused-ring (bicyclic) bond motifs is 1. The lowest BCUT2D eigenvalue weighted by Gasteiger charge is -2.36. The predicted octanol–water partition coefficient (Wildman–Crippen LogP) is 3.05. The third kappa shape index (κ3) is 3.57. The molecule has 152 valence electrons. The lowest BCUT2D eigenvalue weighted by molar-refractivity contribution is -0.134. The number of piperazine rings is 1. The van der Waals surface area contributed by atoms with Gasteiger partial charge in [0.2, 0.25) is 5.91 Å². The van der Waals surface area contributed by atoms with Crippen LogP contribution in [0.3, 0.4) is 0 Å². The highest BCUT2D eigenvalue weighted by Gasteiger charge is 2.26. The molecule has 0 atom stereocenters. The quantitative estimate of drug-likeness (QED) is 0.685. The monoisotopic (exact) mass is 392 g/mol. The maximum absolute atomic E-state index is 12.3. The standard InChI is InChI=1S/C22H28N6O/c1-14(2)22(29)27-12-10-26(11-13-27)20-19-16(4)25-28(21(19)24-17(5)23-20)18-8-6-15(3)7-9-18/h6-9,14H,10-13H2,1-5H3. The van der Waals surface area contributed by atoms with Gasteiger partial charge < -0.3 is 9.80 Å². The number of aryl methyl sites for hydroxylation is 3. The van der Waals surface area contributed by atoms with Crippen LogP contribution in [0.25, 0.3) is 16.7 Å². The zero-order valence-electron chi connectivity index (χ0n) is 17.8. The van der Waals surface area contributed by atoms with Crippen LogP contribution in [-0.2, 0) is 4.79 Å². The van der Waals surface area contributed by atoms with Crippen LogP contribution in [0.1, 0.15) is 30.9 Å². The van der Waals surface area contributed by atoms with Crippen LogP contribution in [0.5, 0.6) is 0 Å². The van der Waals surface area contributed by atoms with E-state index in [1.165, 1.54) is 5.56 Å². The molecule has 0 saturated carbocycles. The van der Waals surface area contributed by atoms with E-state index in [-0.39, 0.29) is 11.8 Å². The smallest absolute Gasteiger partial charge is 0.225 e. The lowest BCUT2D eigenvalue weighted by Crippen LogP contribution is -2.50. The summed E-state index contributed by atoms with van der Waals surface area (Å²) >= 11 is 0. The Morgan fingerprint density at radius 2 is 1.62 bits per heavy atom. The molecule has 1 aliphatic rings. The Bertz CT molecular complexity index is 1050. The van der Waals surface area contributed by atoms with E-state index in [2.05, 4.69) is 36.1 Å². The molecule has 0 spiro atoms. The topological polar surface area (TPSA) is 67.2 Å². The summed E-state index contributed by atoms with van der Waals surface area (Å²) in [7, 11) is 0. The Labute approximate surface area is 171 Å². The molecule has 0 aliphatic carbocycles. The van der Waals surface area contributed by atoms with Crippen LogP contribution in [-0.4, -0.2) is 56.7 Å². The maximum atomic E-state index is 12.3. The van der Waals surface area contributed by atoms with E-state index in [0.29, 0.717) is 13.1 Å². The van der Waals surface area contributed by atoms with Gasteiger partial charge in [-0.15, -0.1) is 0 Å². The van der Waals surface area contributed by atoms with E-state index in [1.54, 1.807) is 0 Å². The summed E-state index contributed by atoms with van der Waals surface area (Å²) in [6.45, 7) is 12.9. The van der Waals surface area contributed by atoms with Crippen molar-refractivity contribution in [3.8, 4) is 5.69 Å². The van der Waals surface area contributed by atoms with Gasteiger partial charge in [-0.1, -0.05) is 31.5 Å². The summed E-state index contributed by atoms with van der Waals surface area (Å²) < 4.78 is 1.90. The molecule has 1 aliphatic heterocycles. The summed E-state index contributed by atoms with van der Waals surface area (Å²) in [5, 5.41) is 5.76. The number of nitrogens with zero attached hydrogens (tertiary/aromatic N) is 6. The Morgan fingerprint density at radius 3 is 2.24 bits per heavy atom. The minimum absolute atomic E-state index is 0.0320. The normalized spacial score (nSPS) is 14.8. The van der Waals surface area contributed by atoms with E-state index in [9.17, 15) is 4.79 Å². The number of amides is 1. The van der Waals surface area contributed by atoms with Gasteiger partial charge in [0, 0.05) is 32.1 Å². The van der Waals surface area contributed by atoms with Crippen molar-refractivity contribution in [1.29, 1.82) is 0 Å². The van der Waals surface area contributed by atoms with Gasteiger partial charge in [-0.3, -0.25) is 4.79 Å². The van der Waals surface area contributed by atoms with Gasteiger partial charge in [-0.25, -0.2) is 14.6 Å². The Hall–Kier alpha value is -2.96. The van der Waals surface area contributed by atoms with Crippen molar-refractivity contribution in [2.45, 2.75) is 34.6 Å². The molecule has 1 saturated heterocycles. The van der Waals surface area contributed by atoms with E-state index in [1.807, 2.05) is 37.3 Å². The first-order valence-electron chi connectivity index (χ1n) is 10.2. The molecule has 7 heteroatoms. The van der Waals surface area contributed by atoms with Gasteiger partial charge in [0.15, 0.2) is 5.65 Å². The van der Waals surface area contributed by atoms with Crippen molar-refractivity contribution < 1.29 is 4.79 Å². The van der Waals surface area contributed by atoms with Gasteiger partial charge in [0.1, 0.15) is 11.6 Å². The molecular formula is C22H28N6O. The van der Waals surface area contributed by atoms with Crippen LogP contribution in [0.4, 0.5) is 5.82 Å². The van der Waals surface area contributed by atoms with Crippen LogP contribution in [0.2, 0.25) is 0 Å². The molecule has 0 bridgehead atoms. The third-order valence-corrected chi connectivity index (χ3v) is 5.46. The molecule has 2 aromatic heterocycles. The molecule has 7 nitrogen and oxygen atoms in total. The van der Waals surface area contributed by atoms with Crippen molar-refractivity contribution in [2.75, 3.05) is 31.1 Å². The van der Waals surface area contributed by atoms with Gasteiger partial charge in [0.25, 0.3) is 0 Å². The maximum Gasteiger partial charge on any atom is 0.225 e. The highest BCUT2D eigenvalue weighted by molar-refractivity contribution is 5.91. The fourth-order valence-electron chi connectivity index (χ4n) is 3.87. The number of aromatic nitrogens is 4. The molecule has 29 heavy (non-hydrogen) atoms. The second kappa shape index (κ2) is 7.46. The molecule has 1 amide bonds. The first-order valence-corrected chi connectivity index (χ1v) is 10.2. The zero-order chi connectivity index (χ0) is 20.7. The Morgan fingerprint density at radius 1 is 0.966 bits per heavy atom. The van der Waals surface area contributed by atoms with Crippen molar-refractivity contribution in [1.82, 2.24) is 24.6 Å². The summed E-state index contributed by atoms with van der Waals surface area (Å²) in [5.74, 6) is 1.89. The molecule has 0 unspecified atom stereocenters. The number of hydrogen-bond acceptors (Lipinski definition) is 5. The minimum Gasteiger partial charge on any atom is -0.352 e. The first-order chi connectivity index (χ1) is 13.8. The first kappa shape index (κ1) is 19.4. The molecule has 0 radical (unpaired) electrons. The molecule has 1 aromatic carbocycles. The summed E-state index contributed by atoms with van der Waals surface area (Å²) in [4.78, 5) is 26.0. The fraction of sp³-hybridized carbons (Fsp3) is 0.455. The highest BCUT2D eigenvalue weighted by atomic mass is 16.2. The zero-order valence-corrected chi connectivity index (χ0v) is 17.8. The molecule has 0 N–H and O–H groups in total. The van der Waals surface area contributed by atoms with Gasteiger partial charge in [-0.05, 0) is 32.9 Å². The van der Waals surface area contributed by atoms with Crippen molar-refractivity contribution in [2.24, 2.45) is 5.92 Å².